The molecule has 0 N–H and O–H groups in total. The lowest BCUT2D eigenvalue weighted by atomic mass is 10.0. The average Bonchev–Trinajstić information content (AvgIpc) is 3.29. The number of carbonyl (C=O) groups is 4. The van der Waals surface area contributed by atoms with Gasteiger partial charge in [-0.3, -0.25) is 34.1 Å². The Kier molecular flexibility index (Phi) is 16.9. The van der Waals surface area contributed by atoms with Gasteiger partial charge in [0.25, 0.3) is 0 Å². The van der Waals surface area contributed by atoms with Gasteiger partial charge in [-0.2, -0.15) is 4.39 Å². The number of aromatic nitrogens is 4. The van der Waals surface area contributed by atoms with E-state index in [0.29, 0.717) is 77.0 Å². The van der Waals surface area contributed by atoms with Crippen molar-refractivity contribution in [2.45, 2.75) is 86.2 Å². The van der Waals surface area contributed by atoms with E-state index in [1.807, 2.05) is 26.0 Å². The van der Waals surface area contributed by atoms with Gasteiger partial charge in [0.15, 0.2) is 11.6 Å². The van der Waals surface area contributed by atoms with Crippen molar-refractivity contribution in [1.29, 1.82) is 0 Å². The summed E-state index contributed by atoms with van der Waals surface area (Å²) in [6.07, 6.45) is 5.53. The number of pyridine rings is 4. The van der Waals surface area contributed by atoms with Crippen molar-refractivity contribution >= 4 is 23.4 Å². The van der Waals surface area contributed by atoms with Crippen molar-refractivity contribution in [3.05, 3.63) is 166 Å². The standard InChI is InChI=1S/C26H28FN3O2.C25H25F2N3O2/c1-5-26(32)30(4)16-22-9-8-20(14-23(22)27)21-10-12-24(28-15-21)25(31)13-11-19-7-6-17(2)29-18(19)3;1-4-25(32)30(3)15-20-6-5-18(13-21(20)26)19-7-10-22(28-14-19)23(31)11-8-17-9-12-24(27)29-16(17)2/h6-10,12,14-15H,5,11,13,16H2,1-4H3;5-7,9-10,12-14H,4,8,11,15H2,1-3H3. The molecule has 0 saturated heterocycles. The van der Waals surface area contributed by atoms with Crippen molar-refractivity contribution in [2.24, 2.45) is 0 Å². The zero-order chi connectivity index (χ0) is 46.5. The number of hydrogen-bond acceptors (Lipinski definition) is 8. The van der Waals surface area contributed by atoms with E-state index in [4.69, 9.17) is 0 Å². The zero-order valence-electron chi connectivity index (χ0n) is 37.3. The largest absolute Gasteiger partial charge is 0.341 e. The summed E-state index contributed by atoms with van der Waals surface area (Å²) < 4.78 is 42.2. The van der Waals surface area contributed by atoms with Crippen LogP contribution in [0.25, 0.3) is 22.3 Å². The highest BCUT2D eigenvalue weighted by Crippen LogP contribution is 2.25. The van der Waals surface area contributed by atoms with Crippen molar-refractivity contribution in [2.75, 3.05) is 14.1 Å². The SMILES string of the molecule is CCC(=O)N(C)Cc1ccc(-c2ccc(C(=O)CCc3ccc(C)nc3C)nc2)cc1F.CCC(=O)N(C)Cc1ccc(-c2ccc(C(=O)CCc3ccc(F)nc3C)nc2)cc1F. The van der Waals surface area contributed by atoms with Gasteiger partial charge in [0.1, 0.15) is 23.0 Å². The minimum atomic E-state index is -0.541. The number of nitrogens with zero attached hydrogens (tertiary/aromatic N) is 6. The van der Waals surface area contributed by atoms with Gasteiger partial charge in [-0.25, -0.2) is 13.8 Å². The van der Waals surface area contributed by atoms with Crippen molar-refractivity contribution < 1.29 is 32.3 Å². The number of carbonyl (C=O) groups excluding carboxylic acids is 4. The van der Waals surface area contributed by atoms with Gasteiger partial charge in [-0.1, -0.05) is 62.4 Å². The summed E-state index contributed by atoms with van der Waals surface area (Å²) in [4.78, 5) is 68.2. The van der Waals surface area contributed by atoms with Crippen LogP contribution in [0.15, 0.2) is 97.3 Å². The second-order valence-corrected chi connectivity index (χ2v) is 15.6. The molecule has 0 spiro atoms. The molecular formula is C51H53F3N6O4. The highest BCUT2D eigenvalue weighted by atomic mass is 19.1. The van der Waals surface area contributed by atoms with E-state index in [2.05, 4.69) is 19.9 Å². The van der Waals surface area contributed by atoms with E-state index in [9.17, 15) is 32.3 Å². The lowest BCUT2D eigenvalue weighted by Crippen LogP contribution is -2.25. The normalized spacial score (nSPS) is 10.8. The summed E-state index contributed by atoms with van der Waals surface area (Å²) >= 11 is 0. The third-order valence-electron chi connectivity index (χ3n) is 10.9. The molecule has 4 aromatic heterocycles. The molecule has 2 aromatic carbocycles. The van der Waals surface area contributed by atoms with Gasteiger partial charge in [0, 0.05) is 105 Å². The Balaban J connectivity index is 0.000000241. The maximum absolute atomic E-state index is 14.6. The number of aryl methyl sites for hydroxylation is 5. The highest BCUT2D eigenvalue weighted by Gasteiger charge is 2.16. The molecule has 4 heterocycles. The number of amides is 2. The molecule has 0 aliphatic heterocycles. The summed E-state index contributed by atoms with van der Waals surface area (Å²) in [7, 11) is 3.31. The smallest absolute Gasteiger partial charge is 0.222 e. The van der Waals surface area contributed by atoms with Gasteiger partial charge in [0.2, 0.25) is 17.8 Å². The topological polar surface area (TPSA) is 126 Å². The molecule has 6 rings (SSSR count). The predicted molar refractivity (Wildman–Crippen MR) is 241 cm³/mol. The molecule has 332 valence electrons. The summed E-state index contributed by atoms with van der Waals surface area (Å²) in [5.41, 5.74) is 8.66. The van der Waals surface area contributed by atoms with Crippen LogP contribution in [0, 0.1) is 38.4 Å². The number of halogens is 3. The fourth-order valence-corrected chi connectivity index (χ4v) is 6.95. The van der Waals surface area contributed by atoms with E-state index >= 15 is 0 Å². The van der Waals surface area contributed by atoms with Gasteiger partial charge in [-0.15, -0.1) is 0 Å². The Morgan fingerprint density at radius 2 is 0.922 bits per heavy atom. The number of ketones is 2. The van der Waals surface area contributed by atoms with Crippen molar-refractivity contribution in [1.82, 2.24) is 29.7 Å². The zero-order valence-corrected chi connectivity index (χ0v) is 37.3. The van der Waals surface area contributed by atoms with Gasteiger partial charge in [-0.05, 0) is 92.3 Å². The molecule has 0 saturated carbocycles. The molecule has 0 aliphatic carbocycles. The van der Waals surface area contributed by atoms with Crippen LogP contribution < -0.4 is 0 Å². The number of hydrogen-bond donors (Lipinski definition) is 0. The first-order valence-corrected chi connectivity index (χ1v) is 21.2. The summed E-state index contributed by atoms with van der Waals surface area (Å²) in [5, 5.41) is 0. The van der Waals surface area contributed by atoms with Crippen molar-refractivity contribution in [3.8, 4) is 22.3 Å². The Bertz CT molecular complexity index is 2440. The Hall–Kier alpha value is -6.89. The summed E-state index contributed by atoms with van der Waals surface area (Å²) in [6, 6.07) is 23.4. The Labute approximate surface area is 372 Å². The van der Waals surface area contributed by atoms with Gasteiger partial charge in [0.05, 0.1) is 0 Å². The average molecular weight is 871 g/mol. The minimum Gasteiger partial charge on any atom is -0.341 e. The first kappa shape index (κ1) is 48.1. The predicted octanol–water partition coefficient (Wildman–Crippen LogP) is 10.00. The fraction of sp³-hybridized carbons (Fsp3) is 0.294. The molecule has 10 nitrogen and oxygen atoms in total. The molecule has 2 amide bonds. The molecule has 0 bridgehead atoms. The first-order chi connectivity index (χ1) is 30.6. The van der Waals surface area contributed by atoms with Crippen LogP contribution in [-0.2, 0) is 35.5 Å². The van der Waals surface area contributed by atoms with E-state index in [0.717, 1.165) is 28.1 Å². The molecule has 0 fully saturated rings. The molecule has 0 aliphatic rings. The maximum atomic E-state index is 14.6. The van der Waals surface area contributed by atoms with Gasteiger partial charge < -0.3 is 9.80 Å². The third-order valence-corrected chi connectivity index (χ3v) is 10.9. The molecule has 0 radical (unpaired) electrons. The van der Waals surface area contributed by atoms with Crippen LogP contribution in [0.3, 0.4) is 0 Å². The van der Waals surface area contributed by atoms with Crippen LogP contribution in [-0.4, -0.2) is 67.2 Å². The number of benzene rings is 2. The monoisotopic (exact) mass is 870 g/mol. The third kappa shape index (κ3) is 13.1. The molecule has 6 aromatic rings. The van der Waals surface area contributed by atoms with Crippen LogP contribution >= 0.6 is 0 Å². The first-order valence-electron chi connectivity index (χ1n) is 21.2. The van der Waals surface area contributed by atoms with E-state index in [-0.39, 0.29) is 48.7 Å². The quantitative estimate of drug-likeness (QED) is 0.0695. The van der Waals surface area contributed by atoms with E-state index in [1.165, 1.54) is 28.0 Å². The molecule has 13 heteroatoms. The summed E-state index contributed by atoms with van der Waals surface area (Å²) in [5.74, 6) is -1.58. The van der Waals surface area contributed by atoms with Crippen LogP contribution in [0.1, 0.15) is 99.8 Å². The lowest BCUT2D eigenvalue weighted by molar-refractivity contribution is -0.130. The fourth-order valence-electron chi connectivity index (χ4n) is 6.95. The van der Waals surface area contributed by atoms with Crippen LogP contribution in [0.4, 0.5) is 13.2 Å². The Morgan fingerprint density at radius 1 is 0.516 bits per heavy atom. The summed E-state index contributed by atoms with van der Waals surface area (Å²) in [6.45, 7) is 9.57. The second kappa shape index (κ2) is 22.5. The highest BCUT2D eigenvalue weighted by molar-refractivity contribution is 5.95. The second-order valence-electron chi connectivity index (χ2n) is 15.6. The van der Waals surface area contributed by atoms with E-state index in [1.54, 1.807) is 102 Å². The lowest BCUT2D eigenvalue weighted by Gasteiger charge is -2.17. The van der Waals surface area contributed by atoms with Crippen molar-refractivity contribution in [3.63, 3.8) is 0 Å². The van der Waals surface area contributed by atoms with E-state index < -0.39 is 11.8 Å². The maximum Gasteiger partial charge on any atom is 0.222 e. The van der Waals surface area contributed by atoms with Crippen LogP contribution in [0.2, 0.25) is 0 Å². The van der Waals surface area contributed by atoms with Crippen LogP contribution in [0.5, 0.6) is 0 Å². The molecular weight excluding hydrogens is 818 g/mol. The number of Topliss-reactive ketones (excluding diaryl/α,β-unsaturated/α-hetero) is 2. The minimum absolute atomic E-state index is 0.0354. The molecule has 0 unspecified atom stereocenters. The molecule has 64 heavy (non-hydrogen) atoms. The number of rotatable bonds is 16. The molecule has 0 atom stereocenters. The van der Waals surface area contributed by atoms with Gasteiger partial charge >= 0.3 is 0 Å². The Morgan fingerprint density at radius 3 is 1.30 bits per heavy atom.